The van der Waals surface area contributed by atoms with Gasteiger partial charge in [0.05, 0.1) is 0 Å². The fraction of sp³-hybridized carbons (Fsp3) is 0.692. The zero-order valence-electron chi connectivity index (χ0n) is 11.7. The summed E-state index contributed by atoms with van der Waals surface area (Å²) >= 11 is 1.22. The van der Waals surface area contributed by atoms with E-state index in [2.05, 4.69) is 5.32 Å². The lowest BCUT2D eigenvalue weighted by Gasteiger charge is -2.24. The van der Waals surface area contributed by atoms with Crippen LogP contribution in [-0.2, 0) is 11.3 Å². The van der Waals surface area contributed by atoms with Gasteiger partial charge in [-0.2, -0.15) is 0 Å². The molecule has 2 heterocycles. The SMILES string of the molecule is CNCC1CCCN1C(=O)Cn1c(C)c(C)sc1=O. The van der Waals surface area contributed by atoms with Crippen molar-refractivity contribution < 1.29 is 4.79 Å². The van der Waals surface area contributed by atoms with Gasteiger partial charge >= 0.3 is 4.87 Å². The zero-order valence-corrected chi connectivity index (χ0v) is 12.5. The van der Waals surface area contributed by atoms with Gasteiger partial charge in [-0.1, -0.05) is 11.3 Å². The van der Waals surface area contributed by atoms with E-state index >= 15 is 0 Å². The molecule has 19 heavy (non-hydrogen) atoms. The number of aryl methyl sites for hydroxylation is 1. The Morgan fingerprint density at radius 2 is 2.21 bits per heavy atom. The molecule has 2 rings (SSSR count). The molecule has 1 unspecified atom stereocenters. The van der Waals surface area contributed by atoms with E-state index in [1.807, 2.05) is 25.8 Å². The Hall–Kier alpha value is -1.14. The Balaban J connectivity index is 2.10. The second-order valence-corrected chi connectivity index (χ2v) is 6.20. The van der Waals surface area contributed by atoms with Crippen LogP contribution in [0, 0.1) is 13.8 Å². The van der Waals surface area contributed by atoms with E-state index in [1.54, 1.807) is 4.57 Å². The van der Waals surface area contributed by atoms with E-state index in [0.717, 1.165) is 36.5 Å². The quantitative estimate of drug-likeness (QED) is 0.886. The second-order valence-electron chi connectivity index (χ2n) is 5.04. The number of nitrogens with one attached hydrogen (secondary N) is 1. The highest BCUT2D eigenvalue weighted by Gasteiger charge is 2.28. The van der Waals surface area contributed by atoms with Crippen LogP contribution in [0.3, 0.4) is 0 Å². The van der Waals surface area contributed by atoms with Gasteiger partial charge in [-0.25, -0.2) is 0 Å². The minimum atomic E-state index is -0.0345. The number of hydrogen-bond donors (Lipinski definition) is 1. The summed E-state index contributed by atoms with van der Waals surface area (Å²) in [7, 11) is 1.90. The topological polar surface area (TPSA) is 54.3 Å². The van der Waals surface area contributed by atoms with Crippen LogP contribution in [0.4, 0.5) is 0 Å². The number of likely N-dealkylation sites (tertiary alicyclic amines) is 1. The van der Waals surface area contributed by atoms with Crippen LogP contribution in [-0.4, -0.2) is 41.6 Å². The summed E-state index contributed by atoms with van der Waals surface area (Å²) in [5.41, 5.74) is 0.910. The van der Waals surface area contributed by atoms with E-state index in [1.165, 1.54) is 11.3 Å². The summed E-state index contributed by atoms with van der Waals surface area (Å²) in [6.45, 7) is 5.62. The normalized spacial score (nSPS) is 19.1. The Kier molecular flexibility index (Phi) is 4.42. The summed E-state index contributed by atoms with van der Waals surface area (Å²) in [6, 6.07) is 0.272. The molecule has 1 saturated heterocycles. The van der Waals surface area contributed by atoms with Crippen molar-refractivity contribution in [2.45, 2.75) is 39.3 Å². The fourth-order valence-corrected chi connectivity index (χ4v) is 3.44. The van der Waals surface area contributed by atoms with Crippen molar-refractivity contribution >= 4 is 17.2 Å². The largest absolute Gasteiger partial charge is 0.337 e. The molecule has 0 bridgehead atoms. The third-order valence-electron chi connectivity index (χ3n) is 3.81. The molecule has 106 valence electrons. The van der Waals surface area contributed by atoms with Gasteiger partial charge in [0.15, 0.2) is 0 Å². The summed E-state index contributed by atoms with van der Waals surface area (Å²) in [6.07, 6.45) is 2.09. The number of carbonyl (C=O) groups excluding carboxylic acids is 1. The molecule has 1 aliphatic heterocycles. The van der Waals surface area contributed by atoms with Crippen LogP contribution < -0.4 is 10.2 Å². The number of hydrogen-bond acceptors (Lipinski definition) is 4. The summed E-state index contributed by atoms with van der Waals surface area (Å²) in [4.78, 5) is 27.0. The molecular formula is C13H21N3O2S. The molecule has 5 nitrogen and oxygen atoms in total. The predicted octanol–water partition coefficient (Wildman–Crippen LogP) is 0.737. The van der Waals surface area contributed by atoms with E-state index in [-0.39, 0.29) is 23.4 Å². The molecule has 1 atom stereocenters. The third-order valence-corrected chi connectivity index (χ3v) is 4.80. The smallest absolute Gasteiger partial charge is 0.308 e. The minimum Gasteiger partial charge on any atom is -0.337 e. The van der Waals surface area contributed by atoms with Crippen LogP contribution in [0.25, 0.3) is 0 Å². The monoisotopic (exact) mass is 283 g/mol. The second kappa shape index (κ2) is 5.88. The molecular weight excluding hydrogens is 262 g/mol. The number of thiazole rings is 1. The van der Waals surface area contributed by atoms with E-state index in [4.69, 9.17) is 0 Å². The zero-order chi connectivity index (χ0) is 14.0. The number of aromatic nitrogens is 1. The van der Waals surface area contributed by atoms with Crippen LogP contribution in [0.5, 0.6) is 0 Å². The van der Waals surface area contributed by atoms with E-state index in [0.29, 0.717) is 0 Å². The lowest BCUT2D eigenvalue weighted by molar-refractivity contribution is -0.132. The number of carbonyl (C=O) groups is 1. The van der Waals surface area contributed by atoms with Gasteiger partial charge in [0.25, 0.3) is 0 Å². The first-order valence-electron chi connectivity index (χ1n) is 6.65. The van der Waals surface area contributed by atoms with Gasteiger partial charge in [0, 0.05) is 29.7 Å². The van der Waals surface area contributed by atoms with Crippen molar-refractivity contribution in [3.05, 3.63) is 20.2 Å². The van der Waals surface area contributed by atoms with Gasteiger partial charge in [0.2, 0.25) is 5.91 Å². The van der Waals surface area contributed by atoms with Gasteiger partial charge in [-0.3, -0.25) is 14.2 Å². The van der Waals surface area contributed by atoms with Crippen LogP contribution >= 0.6 is 11.3 Å². The molecule has 0 aromatic carbocycles. The van der Waals surface area contributed by atoms with Gasteiger partial charge in [-0.15, -0.1) is 0 Å². The number of nitrogens with zero attached hydrogens (tertiary/aromatic N) is 2. The van der Waals surface area contributed by atoms with E-state index in [9.17, 15) is 9.59 Å². The Bertz CT molecular complexity index is 520. The number of amides is 1. The lowest BCUT2D eigenvalue weighted by Crippen LogP contribution is -2.43. The molecule has 1 fully saturated rings. The van der Waals surface area contributed by atoms with Crippen molar-refractivity contribution in [3.63, 3.8) is 0 Å². The minimum absolute atomic E-state index is 0.0345. The maximum absolute atomic E-state index is 12.4. The first-order chi connectivity index (χ1) is 9.04. The fourth-order valence-electron chi connectivity index (χ4n) is 2.61. The highest BCUT2D eigenvalue weighted by Crippen LogP contribution is 2.18. The van der Waals surface area contributed by atoms with Crippen molar-refractivity contribution in [2.24, 2.45) is 0 Å². The molecule has 6 heteroatoms. The highest BCUT2D eigenvalue weighted by molar-refractivity contribution is 7.09. The summed E-state index contributed by atoms with van der Waals surface area (Å²) in [5.74, 6) is 0.0563. The van der Waals surface area contributed by atoms with Crippen molar-refractivity contribution in [3.8, 4) is 0 Å². The van der Waals surface area contributed by atoms with Crippen LogP contribution in [0.1, 0.15) is 23.4 Å². The average Bonchev–Trinajstić information content (AvgIpc) is 2.91. The molecule has 0 radical (unpaired) electrons. The molecule has 1 aromatic rings. The van der Waals surface area contributed by atoms with Crippen LogP contribution in [0.2, 0.25) is 0 Å². The van der Waals surface area contributed by atoms with Crippen molar-refractivity contribution in [2.75, 3.05) is 20.1 Å². The average molecular weight is 283 g/mol. The molecule has 1 aromatic heterocycles. The van der Waals surface area contributed by atoms with Crippen molar-refractivity contribution in [1.29, 1.82) is 0 Å². The number of rotatable bonds is 4. The predicted molar refractivity (Wildman–Crippen MR) is 76.7 cm³/mol. The van der Waals surface area contributed by atoms with Gasteiger partial charge in [-0.05, 0) is 33.7 Å². The molecule has 0 saturated carbocycles. The van der Waals surface area contributed by atoms with Crippen molar-refractivity contribution in [1.82, 2.24) is 14.8 Å². The maximum atomic E-state index is 12.4. The first-order valence-corrected chi connectivity index (χ1v) is 7.47. The van der Waals surface area contributed by atoms with Crippen LogP contribution in [0.15, 0.2) is 4.79 Å². The van der Waals surface area contributed by atoms with Gasteiger partial charge < -0.3 is 10.2 Å². The first kappa shape index (κ1) is 14.3. The molecule has 0 spiro atoms. The lowest BCUT2D eigenvalue weighted by atomic mass is 10.2. The number of likely N-dealkylation sites (N-methyl/N-ethyl adjacent to an activating group) is 1. The van der Waals surface area contributed by atoms with E-state index < -0.39 is 0 Å². The molecule has 1 aliphatic rings. The highest BCUT2D eigenvalue weighted by atomic mass is 32.1. The van der Waals surface area contributed by atoms with Gasteiger partial charge in [0.1, 0.15) is 6.54 Å². The Morgan fingerprint density at radius 1 is 1.47 bits per heavy atom. The Labute approximate surface area is 117 Å². The molecule has 1 amide bonds. The molecule has 0 aliphatic carbocycles. The Morgan fingerprint density at radius 3 is 2.79 bits per heavy atom. The third kappa shape index (κ3) is 2.90. The summed E-state index contributed by atoms with van der Waals surface area (Å²) < 4.78 is 1.59. The molecule has 1 N–H and O–H groups in total. The summed E-state index contributed by atoms with van der Waals surface area (Å²) in [5, 5.41) is 3.12. The standard InChI is InChI=1S/C13H21N3O2S/c1-9-10(2)19-13(18)16(9)8-12(17)15-6-4-5-11(15)7-14-3/h11,14H,4-8H2,1-3H3. The maximum Gasteiger partial charge on any atom is 0.308 e.